The third-order valence-electron chi connectivity index (χ3n) is 1.64. The molecule has 0 bridgehead atoms. The molecule has 2 nitrogen and oxygen atoms in total. The van der Waals surface area contributed by atoms with Crippen molar-refractivity contribution in [2.45, 2.75) is 12.3 Å². The van der Waals surface area contributed by atoms with Crippen LogP contribution in [0.1, 0.15) is 11.4 Å². The average Bonchev–Trinajstić information content (AvgIpc) is 2.53. The number of aromatic amines is 1. The second-order valence-electron chi connectivity index (χ2n) is 2.47. The van der Waals surface area contributed by atoms with Gasteiger partial charge in [0.25, 0.3) is 0 Å². The first-order chi connectivity index (χ1) is 5.31. The molecule has 0 unspecified atom stereocenters. The summed E-state index contributed by atoms with van der Waals surface area (Å²) in [5, 5.41) is 3.03. The molecule has 0 aliphatic heterocycles. The second kappa shape index (κ2) is 2.60. The lowest BCUT2D eigenvalue weighted by atomic mass is 10.5. The van der Waals surface area contributed by atoms with Crippen molar-refractivity contribution in [1.29, 1.82) is 0 Å². The summed E-state index contributed by atoms with van der Waals surface area (Å²) < 4.78 is 2.17. The Morgan fingerprint density at radius 1 is 1.73 bits per heavy atom. The van der Waals surface area contributed by atoms with Gasteiger partial charge in [-0.2, -0.15) is 4.40 Å². The van der Waals surface area contributed by atoms with Gasteiger partial charge in [0.1, 0.15) is 11.9 Å². The van der Waals surface area contributed by atoms with E-state index in [0.29, 0.717) is 0 Å². The smallest absolute Gasteiger partial charge is 0.230 e. The zero-order valence-electron chi connectivity index (χ0n) is 6.10. The molecule has 11 heavy (non-hydrogen) atoms. The Morgan fingerprint density at radius 3 is 3.18 bits per heavy atom. The minimum absolute atomic E-state index is 0.890. The first-order valence-corrected chi connectivity index (χ1v) is 5.34. The first kappa shape index (κ1) is 7.31. The molecule has 0 saturated carbocycles. The largest absolute Gasteiger partial charge is 0.343 e. The van der Waals surface area contributed by atoms with Crippen LogP contribution in [0.3, 0.4) is 0 Å². The number of rotatable bonds is 1. The van der Waals surface area contributed by atoms with Gasteiger partial charge in [-0.05, 0) is 6.92 Å². The lowest BCUT2D eigenvalue weighted by molar-refractivity contribution is -0.513. The van der Waals surface area contributed by atoms with Crippen LogP contribution in [0.15, 0.2) is 11.6 Å². The molecule has 0 spiro atoms. The molecular weight excluding hydrogens is 224 g/mol. The molecule has 2 heterocycles. The second-order valence-corrected chi connectivity index (χ2v) is 3.88. The normalized spacial score (nSPS) is 11.1. The highest BCUT2D eigenvalue weighted by Gasteiger charge is 2.10. The highest BCUT2D eigenvalue weighted by Crippen LogP contribution is 2.09. The fourth-order valence-electron chi connectivity index (χ4n) is 1.06. The van der Waals surface area contributed by atoms with E-state index in [1.54, 1.807) is 11.3 Å². The summed E-state index contributed by atoms with van der Waals surface area (Å²) in [6, 6.07) is 0. The Kier molecular flexibility index (Phi) is 1.73. The van der Waals surface area contributed by atoms with Crippen LogP contribution >= 0.6 is 27.3 Å². The summed E-state index contributed by atoms with van der Waals surface area (Å²) in [6.07, 6.45) is 2.12. The average molecular weight is 232 g/mol. The van der Waals surface area contributed by atoms with E-state index >= 15 is 0 Å². The van der Waals surface area contributed by atoms with Crippen LogP contribution < -0.4 is 4.40 Å². The Labute approximate surface area is 77.0 Å². The van der Waals surface area contributed by atoms with Crippen molar-refractivity contribution < 1.29 is 4.40 Å². The van der Waals surface area contributed by atoms with Crippen molar-refractivity contribution in [1.82, 2.24) is 4.98 Å². The molecule has 0 aromatic carbocycles. The molecule has 0 atom stereocenters. The summed E-state index contributed by atoms with van der Waals surface area (Å²) in [5.74, 6) is 0. The Hall–Kier alpha value is -0.350. The van der Waals surface area contributed by atoms with Crippen LogP contribution in [0.5, 0.6) is 0 Å². The molecule has 2 rings (SSSR count). The number of halogens is 1. The molecule has 2 aromatic rings. The van der Waals surface area contributed by atoms with E-state index < -0.39 is 0 Å². The van der Waals surface area contributed by atoms with Gasteiger partial charge in [-0.25, -0.2) is 4.98 Å². The first-order valence-electron chi connectivity index (χ1n) is 3.34. The van der Waals surface area contributed by atoms with Gasteiger partial charge >= 0.3 is 4.96 Å². The Morgan fingerprint density at radius 2 is 2.55 bits per heavy atom. The van der Waals surface area contributed by atoms with Crippen molar-refractivity contribution in [2.24, 2.45) is 0 Å². The minimum Gasteiger partial charge on any atom is -0.230 e. The molecule has 4 heteroatoms. The maximum Gasteiger partial charge on any atom is 0.343 e. The maximum atomic E-state index is 3.40. The Bertz CT molecular complexity index is 377. The summed E-state index contributed by atoms with van der Waals surface area (Å²) >= 11 is 5.14. The van der Waals surface area contributed by atoms with Gasteiger partial charge in [-0.15, -0.1) is 0 Å². The van der Waals surface area contributed by atoms with E-state index in [9.17, 15) is 0 Å². The van der Waals surface area contributed by atoms with Gasteiger partial charge in [0, 0.05) is 5.38 Å². The third kappa shape index (κ3) is 1.10. The molecule has 0 saturated heterocycles. The van der Waals surface area contributed by atoms with Crippen LogP contribution in [0.25, 0.3) is 4.96 Å². The summed E-state index contributed by atoms with van der Waals surface area (Å²) in [6.45, 7) is 2.11. The van der Waals surface area contributed by atoms with E-state index in [-0.39, 0.29) is 0 Å². The number of H-pyrrole nitrogens is 1. The number of aromatic nitrogens is 2. The number of nitrogens with one attached hydrogen (secondary N) is 1. The van der Waals surface area contributed by atoms with Crippen molar-refractivity contribution in [3.8, 4) is 0 Å². The van der Waals surface area contributed by atoms with Crippen LogP contribution in [-0.4, -0.2) is 4.98 Å². The molecule has 2 aromatic heterocycles. The van der Waals surface area contributed by atoms with Gasteiger partial charge in [-0.1, -0.05) is 27.3 Å². The number of fused-ring (bicyclic) bond motifs is 1. The number of hydrogen-bond acceptors (Lipinski definition) is 1. The van der Waals surface area contributed by atoms with Gasteiger partial charge in [-0.3, -0.25) is 0 Å². The van der Waals surface area contributed by atoms with Crippen molar-refractivity contribution in [2.75, 3.05) is 0 Å². The topological polar surface area (TPSA) is 19.9 Å². The summed E-state index contributed by atoms with van der Waals surface area (Å²) in [4.78, 5) is 4.51. The SMILES string of the molecule is Cc1csc2[nH]c(CBr)c[n+]12. The maximum absolute atomic E-state index is 3.40. The van der Waals surface area contributed by atoms with Crippen molar-refractivity contribution >= 4 is 32.2 Å². The van der Waals surface area contributed by atoms with E-state index in [0.717, 1.165) is 5.33 Å². The molecule has 0 fully saturated rings. The molecule has 1 N–H and O–H groups in total. The van der Waals surface area contributed by atoms with Crippen LogP contribution in [0.4, 0.5) is 0 Å². The Balaban J connectivity index is 2.70. The van der Waals surface area contributed by atoms with Gasteiger partial charge in [0.2, 0.25) is 0 Å². The number of aryl methyl sites for hydroxylation is 1. The van der Waals surface area contributed by atoms with Crippen LogP contribution in [0, 0.1) is 6.92 Å². The zero-order chi connectivity index (χ0) is 7.84. The summed E-state index contributed by atoms with van der Waals surface area (Å²) in [5.41, 5.74) is 2.51. The monoisotopic (exact) mass is 231 g/mol. The fraction of sp³-hybridized carbons (Fsp3) is 0.286. The lowest BCUT2D eigenvalue weighted by Crippen LogP contribution is -2.17. The molecule has 0 aliphatic rings. The molecule has 58 valence electrons. The van der Waals surface area contributed by atoms with Crippen molar-refractivity contribution in [3.63, 3.8) is 0 Å². The minimum atomic E-state index is 0.890. The number of nitrogens with zero attached hydrogens (tertiary/aromatic N) is 1. The number of alkyl halides is 1. The quantitative estimate of drug-likeness (QED) is 0.573. The summed E-state index contributed by atoms with van der Waals surface area (Å²) in [7, 11) is 0. The number of hydrogen-bond donors (Lipinski definition) is 1. The van der Waals surface area contributed by atoms with E-state index in [1.807, 2.05) is 0 Å². The van der Waals surface area contributed by atoms with E-state index in [2.05, 4.69) is 43.8 Å². The van der Waals surface area contributed by atoms with Gasteiger partial charge in [0.15, 0.2) is 5.69 Å². The van der Waals surface area contributed by atoms with Crippen LogP contribution in [0.2, 0.25) is 0 Å². The van der Waals surface area contributed by atoms with Crippen molar-refractivity contribution in [3.05, 3.63) is 23.0 Å². The predicted molar refractivity (Wildman–Crippen MR) is 49.2 cm³/mol. The van der Waals surface area contributed by atoms with Gasteiger partial charge < -0.3 is 0 Å². The van der Waals surface area contributed by atoms with E-state index in [4.69, 9.17) is 0 Å². The van der Waals surface area contributed by atoms with Crippen LogP contribution in [-0.2, 0) is 5.33 Å². The zero-order valence-corrected chi connectivity index (χ0v) is 8.50. The molecular formula is C7H8BrN2S+. The van der Waals surface area contributed by atoms with E-state index in [1.165, 1.54) is 16.3 Å². The highest BCUT2D eigenvalue weighted by molar-refractivity contribution is 9.08. The molecule has 0 aliphatic carbocycles. The lowest BCUT2D eigenvalue weighted by Gasteiger charge is -1.76. The standard InChI is InChI=1S/C7H7BrN2S/c1-5-4-11-7-9-6(2-8)3-10(5)7/h3-4H,2H2,1H3/p+1. The predicted octanol–water partition coefficient (Wildman–Crippen LogP) is 2.02. The van der Waals surface area contributed by atoms with Gasteiger partial charge in [0.05, 0.1) is 5.33 Å². The third-order valence-corrected chi connectivity index (χ3v) is 3.22. The number of thiazole rings is 1. The number of imidazole rings is 1. The molecule has 0 amide bonds. The fourth-order valence-corrected chi connectivity index (χ4v) is 2.24. The molecule has 0 radical (unpaired) electrons. The highest BCUT2D eigenvalue weighted by atomic mass is 79.9.